The second-order valence-corrected chi connectivity index (χ2v) is 7.68. The SMILES string of the molecule is O=C1Nc2cccc(n2)-c2nncn2C2CC(C2)Oc2ccc(I)cc21. The van der Waals surface area contributed by atoms with Gasteiger partial charge >= 0.3 is 0 Å². The molecule has 6 rings (SSSR count). The van der Waals surface area contributed by atoms with Crippen molar-refractivity contribution in [3.8, 4) is 17.3 Å². The number of nitrogens with one attached hydrogen (secondary N) is 1. The molecule has 3 aromatic rings. The Hall–Kier alpha value is -2.49. The molecule has 1 fully saturated rings. The Morgan fingerprint density at radius 1 is 1.23 bits per heavy atom. The molecule has 8 heteroatoms. The fraction of sp³-hybridized carbons (Fsp3) is 0.222. The van der Waals surface area contributed by atoms with Crippen LogP contribution in [0, 0.1) is 3.57 Å². The van der Waals surface area contributed by atoms with Gasteiger partial charge in [-0.15, -0.1) is 10.2 Å². The van der Waals surface area contributed by atoms with Crippen LogP contribution in [0.4, 0.5) is 5.82 Å². The van der Waals surface area contributed by atoms with Crippen LogP contribution in [0.5, 0.6) is 5.75 Å². The smallest absolute Gasteiger partial charge is 0.260 e. The fourth-order valence-corrected chi connectivity index (χ4v) is 3.82. The number of carbonyl (C=O) groups is 1. The second kappa shape index (κ2) is 6.04. The summed E-state index contributed by atoms with van der Waals surface area (Å²) in [5.74, 6) is 1.54. The number of halogens is 1. The van der Waals surface area contributed by atoms with Crippen LogP contribution in [0.1, 0.15) is 29.2 Å². The number of hydrogen-bond donors (Lipinski definition) is 1. The zero-order valence-electron chi connectivity index (χ0n) is 13.6. The molecule has 4 heterocycles. The summed E-state index contributed by atoms with van der Waals surface area (Å²) < 4.78 is 9.13. The molecule has 0 spiro atoms. The Morgan fingerprint density at radius 3 is 3.00 bits per heavy atom. The van der Waals surface area contributed by atoms with Gasteiger partial charge in [0.15, 0.2) is 5.82 Å². The summed E-state index contributed by atoms with van der Waals surface area (Å²) >= 11 is 2.19. The van der Waals surface area contributed by atoms with Gasteiger partial charge in [-0.1, -0.05) is 6.07 Å². The number of amides is 1. The molecule has 1 aliphatic carbocycles. The molecule has 4 bridgehead atoms. The van der Waals surface area contributed by atoms with Crippen molar-refractivity contribution in [2.24, 2.45) is 0 Å². The van der Waals surface area contributed by atoms with Crippen LogP contribution >= 0.6 is 22.6 Å². The molecule has 1 amide bonds. The maximum atomic E-state index is 12.8. The number of carbonyl (C=O) groups excluding carboxylic acids is 1. The van der Waals surface area contributed by atoms with Crippen molar-refractivity contribution in [1.29, 1.82) is 0 Å². The normalized spacial score (nSPS) is 20.9. The lowest BCUT2D eigenvalue weighted by molar-refractivity contribution is 0.0694. The van der Waals surface area contributed by atoms with Crippen LogP contribution in [0.2, 0.25) is 0 Å². The average Bonchev–Trinajstić information content (AvgIpc) is 3.07. The van der Waals surface area contributed by atoms with Crippen molar-refractivity contribution < 1.29 is 9.53 Å². The average molecular weight is 459 g/mol. The van der Waals surface area contributed by atoms with E-state index in [0.717, 1.165) is 16.4 Å². The quantitative estimate of drug-likeness (QED) is 0.522. The van der Waals surface area contributed by atoms with Gasteiger partial charge < -0.3 is 14.6 Å². The molecular weight excluding hydrogens is 445 g/mol. The monoisotopic (exact) mass is 459 g/mol. The number of nitrogens with zero attached hydrogens (tertiary/aromatic N) is 4. The zero-order valence-corrected chi connectivity index (χ0v) is 15.8. The van der Waals surface area contributed by atoms with Crippen molar-refractivity contribution in [2.45, 2.75) is 25.0 Å². The number of pyridine rings is 1. The second-order valence-electron chi connectivity index (χ2n) is 6.43. The minimum absolute atomic E-state index is 0.0682. The summed E-state index contributed by atoms with van der Waals surface area (Å²) in [6, 6.07) is 11.4. The van der Waals surface area contributed by atoms with Gasteiger partial charge in [0, 0.05) is 22.5 Å². The lowest BCUT2D eigenvalue weighted by atomic mass is 9.88. The van der Waals surface area contributed by atoms with Crippen LogP contribution in [0.15, 0.2) is 42.7 Å². The molecule has 0 radical (unpaired) electrons. The maximum Gasteiger partial charge on any atom is 0.260 e. The number of rotatable bonds is 0. The summed E-state index contributed by atoms with van der Waals surface area (Å²) in [5, 5.41) is 11.1. The topological polar surface area (TPSA) is 81.9 Å². The number of fused-ring (bicyclic) bond motifs is 1. The van der Waals surface area contributed by atoms with E-state index in [0.29, 0.717) is 28.6 Å². The first-order valence-corrected chi connectivity index (χ1v) is 9.40. The van der Waals surface area contributed by atoms with Crippen LogP contribution < -0.4 is 10.1 Å². The van der Waals surface area contributed by atoms with Crippen LogP contribution in [0.3, 0.4) is 0 Å². The highest BCUT2D eigenvalue weighted by Gasteiger charge is 2.35. The Morgan fingerprint density at radius 2 is 2.12 bits per heavy atom. The van der Waals surface area contributed by atoms with E-state index in [2.05, 4.69) is 43.1 Å². The number of aromatic nitrogens is 4. The van der Waals surface area contributed by atoms with Gasteiger partial charge in [-0.3, -0.25) is 4.79 Å². The summed E-state index contributed by atoms with van der Waals surface area (Å²) in [7, 11) is 0. The van der Waals surface area contributed by atoms with E-state index >= 15 is 0 Å². The Bertz CT molecular complexity index is 1010. The molecule has 130 valence electrons. The van der Waals surface area contributed by atoms with Gasteiger partial charge in [0.2, 0.25) is 0 Å². The van der Waals surface area contributed by atoms with Gasteiger partial charge in [0.05, 0.1) is 5.56 Å². The highest BCUT2D eigenvalue weighted by atomic mass is 127. The predicted octanol–water partition coefficient (Wildman–Crippen LogP) is 3.29. The van der Waals surface area contributed by atoms with Crippen LogP contribution in [-0.4, -0.2) is 31.8 Å². The largest absolute Gasteiger partial charge is 0.489 e. The number of hydrogen-bond acceptors (Lipinski definition) is 5. The third kappa shape index (κ3) is 2.64. The summed E-state index contributed by atoms with van der Waals surface area (Å²) in [5.41, 5.74) is 1.21. The highest BCUT2D eigenvalue weighted by molar-refractivity contribution is 14.1. The number of ether oxygens (including phenoxy) is 1. The van der Waals surface area contributed by atoms with Gasteiger partial charge in [-0.2, -0.15) is 0 Å². The first-order chi connectivity index (χ1) is 12.7. The van der Waals surface area contributed by atoms with Crippen molar-refractivity contribution >= 4 is 34.3 Å². The Labute approximate surface area is 162 Å². The van der Waals surface area contributed by atoms with Gasteiger partial charge in [-0.25, -0.2) is 4.98 Å². The molecule has 1 N–H and O–H groups in total. The molecule has 7 nitrogen and oxygen atoms in total. The van der Waals surface area contributed by atoms with Crippen molar-refractivity contribution in [2.75, 3.05) is 5.32 Å². The first kappa shape index (κ1) is 15.7. The molecule has 0 saturated heterocycles. The lowest BCUT2D eigenvalue weighted by Gasteiger charge is -2.36. The molecule has 0 unspecified atom stereocenters. The number of anilines is 1. The molecule has 1 aromatic carbocycles. The third-order valence-electron chi connectivity index (χ3n) is 4.74. The molecular formula is C18H14IN5O2. The third-order valence-corrected chi connectivity index (χ3v) is 5.41. The van der Waals surface area contributed by atoms with Gasteiger partial charge in [-0.05, 0) is 52.9 Å². The van der Waals surface area contributed by atoms with Gasteiger partial charge in [0.25, 0.3) is 5.91 Å². The summed E-state index contributed by atoms with van der Waals surface area (Å²) in [6.45, 7) is 0. The molecule has 0 atom stereocenters. The first-order valence-electron chi connectivity index (χ1n) is 8.32. The van der Waals surface area contributed by atoms with Crippen molar-refractivity contribution in [3.63, 3.8) is 0 Å². The molecule has 1 saturated carbocycles. The zero-order chi connectivity index (χ0) is 17.7. The van der Waals surface area contributed by atoms with E-state index in [1.807, 2.05) is 34.9 Å². The van der Waals surface area contributed by atoms with E-state index in [-0.39, 0.29) is 18.1 Å². The lowest BCUT2D eigenvalue weighted by Crippen LogP contribution is -2.36. The van der Waals surface area contributed by atoms with Gasteiger partial charge in [0.1, 0.15) is 29.7 Å². The minimum atomic E-state index is -0.236. The molecule has 26 heavy (non-hydrogen) atoms. The Kier molecular flexibility index (Phi) is 3.66. The van der Waals surface area contributed by atoms with Crippen molar-refractivity contribution in [1.82, 2.24) is 19.7 Å². The van der Waals surface area contributed by atoms with Crippen LogP contribution in [-0.2, 0) is 0 Å². The molecule has 2 aromatic heterocycles. The van der Waals surface area contributed by atoms with E-state index in [9.17, 15) is 4.79 Å². The van der Waals surface area contributed by atoms with E-state index in [1.54, 1.807) is 12.4 Å². The van der Waals surface area contributed by atoms with E-state index in [1.165, 1.54) is 0 Å². The standard InChI is InChI=1S/C18H14IN5O2/c19-10-4-5-15-13(6-10)18(25)22-16-3-1-2-14(21-16)17-23-20-9-24(17)11-7-12(8-11)26-15/h1-6,9,11-12H,7-8H2,(H,21,22,25). The number of benzene rings is 1. The minimum Gasteiger partial charge on any atom is -0.489 e. The molecule has 3 aliphatic rings. The highest BCUT2D eigenvalue weighted by Crippen LogP contribution is 2.38. The van der Waals surface area contributed by atoms with E-state index < -0.39 is 0 Å². The van der Waals surface area contributed by atoms with Crippen LogP contribution in [0.25, 0.3) is 11.5 Å². The maximum absolute atomic E-state index is 12.8. The predicted molar refractivity (Wildman–Crippen MR) is 103 cm³/mol. The fourth-order valence-electron chi connectivity index (χ4n) is 3.33. The van der Waals surface area contributed by atoms with Crippen molar-refractivity contribution in [3.05, 3.63) is 51.9 Å². The van der Waals surface area contributed by atoms with E-state index in [4.69, 9.17) is 4.74 Å². The summed E-state index contributed by atoms with van der Waals surface area (Å²) in [6.07, 6.45) is 3.49. The summed E-state index contributed by atoms with van der Waals surface area (Å²) in [4.78, 5) is 17.4. The molecule has 2 aliphatic heterocycles. The Balaban J connectivity index is 1.63.